The molecule has 0 bridgehead atoms. The summed E-state index contributed by atoms with van der Waals surface area (Å²) in [4.78, 5) is 13.8. The maximum absolute atomic E-state index is 13.8. The van der Waals surface area contributed by atoms with Crippen molar-refractivity contribution in [2.75, 3.05) is 0 Å². The molecule has 5 rings (SSSR count). The van der Waals surface area contributed by atoms with Crippen molar-refractivity contribution in [2.24, 2.45) is 0 Å². The van der Waals surface area contributed by atoms with Gasteiger partial charge < -0.3 is 9.73 Å². The summed E-state index contributed by atoms with van der Waals surface area (Å²) in [5, 5.41) is 8.00. The Morgan fingerprint density at radius 1 is 0.853 bits per heavy atom. The zero-order valence-electron chi connectivity index (χ0n) is 19.1. The van der Waals surface area contributed by atoms with Gasteiger partial charge in [0.05, 0.1) is 18.0 Å². The predicted molar refractivity (Wildman–Crippen MR) is 133 cm³/mol. The number of hydrogen-bond donors (Lipinski definition) is 1. The second-order valence-corrected chi connectivity index (χ2v) is 8.32. The lowest BCUT2D eigenvalue weighted by atomic mass is 9.98. The molecular weight excluding hydrogens is 422 g/mol. The number of nitrogens with one attached hydrogen (secondary N) is 1. The van der Waals surface area contributed by atoms with Crippen LogP contribution in [-0.2, 0) is 0 Å². The van der Waals surface area contributed by atoms with Crippen LogP contribution in [0.4, 0.5) is 0 Å². The SMILES string of the molecule is Cc1ccc(C)c(-n2nc(-c3ccco3)cc2C(=O)NC(c2ccccc2)c2ccccc2)c1. The molecule has 2 aromatic heterocycles. The summed E-state index contributed by atoms with van der Waals surface area (Å²) in [6.07, 6.45) is 1.60. The van der Waals surface area contributed by atoms with Gasteiger partial charge in [0, 0.05) is 6.07 Å². The Balaban J connectivity index is 1.59. The number of aromatic nitrogens is 2. The van der Waals surface area contributed by atoms with Crippen LogP contribution in [-0.4, -0.2) is 15.7 Å². The third-order valence-electron chi connectivity index (χ3n) is 5.85. The molecule has 5 heteroatoms. The normalized spacial score (nSPS) is 11.0. The number of benzene rings is 3. The molecule has 2 heterocycles. The topological polar surface area (TPSA) is 60.1 Å². The molecule has 5 nitrogen and oxygen atoms in total. The molecule has 0 aliphatic heterocycles. The summed E-state index contributed by atoms with van der Waals surface area (Å²) >= 11 is 0. The van der Waals surface area contributed by atoms with Gasteiger partial charge in [0.15, 0.2) is 5.76 Å². The van der Waals surface area contributed by atoms with E-state index in [-0.39, 0.29) is 11.9 Å². The van der Waals surface area contributed by atoms with Crippen molar-refractivity contribution in [3.05, 3.63) is 131 Å². The third kappa shape index (κ3) is 4.28. The maximum Gasteiger partial charge on any atom is 0.270 e. The van der Waals surface area contributed by atoms with E-state index in [0.717, 1.165) is 27.9 Å². The number of furan rings is 1. The highest BCUT2D eigenvalue weighted by Crippen LogP contribution is 2.26. The Bertz CT molecular complexity index is 1370. The van der Waals surface area contributed by atoms with Crippen molar-refractivity contribution < 1.29 is 9.21 Å². The number of hydrogen-bond acceptors (Lipinski definition) is 3. The molecule has 1 amide bonds. The molecule has 0 aliphatic rings. The number of nitrogens with zero attached hydrogens (tertiary/aromatic N) is 2. The van der Waals surface area contributed by atoms with Gasteiger partial charge in [-0.3, -0.25) is 4.79 Å². The lowest BCUT2D eigenvalue weighted by molar-refractivity contribution is 0.0935. The third-order valence-corrected chi connectivity index (χ3v) is 5.85. The van der Waals surface area contributed by atoms with E-state index in [1.165, 1.54) is 0 Å². The smallest absolute Gasteiger partial charge is 0.270 e. The molecule has 0 radical (unpaired) electrons. The van der Waals surface area contributed by atoms with Crippen LogP contribution in [0.2, 0.25) is 0 Å². The van der Waals surface area contributed by atoms with Crippen molar-refractivity contribution in [1.82, 2.24) is 15.1 Å². The standard InChI is InChI=1S/C29H25N3O2/c1-20-15-16-21(2)25(18-20)32-26(19-24(31-32)27-14-9-17-34-27)29(33)30-28(22-10-5-3-6-11-22)23-12-7-4-8-13-23/h3-19,28H,1-2H3,(H,30,33). The van der Waals surface area contributed by atoms with Crippen LogP contribution in [0.15, 0.2) is 108 Å². The van der Waals surface area contributed by atoms with Crippen molar-refractivity contribution in [1.29, 1.82) is 0 Å². The van der Waals surface area contributed by atoms with Crippen molar-refractivity contribution in [3.8, 4) is 17.1 Å². The predicted octanol–water partition coefficient (Wildman–Crippen LogP) is 6.27. The second-order valence-electron chi connectivity index (χ2n) is 8.32. The van der Waals surface area contributed by atoms with Gasteiger partial charge in [-0.25, -0.2) is 4.68 Å². The summed E-state index contributed by atoms with van der Waals surface area (Å²) in [6.45, 7) is 4.04. The summed E-state index contributed by atoms with van der Waals surface area (Å²) in [7, 11) is 0. The average molecular weight is 448 g/mol. The van der Waals surface area contributed by atoms with Gasteiger partial charge in [0.2, 0.25) is 0 Å². The Hall–Kier alpha value is -4.38. The van der Waals surface area contributed by atoms with E-state index in [0.29, 0.717) is 17.1 Å². The lowest BCUT2D eigenvalue weighted by Crippen LogP contribution is -2.31. The summed E-state index contributed by atoms with van der Waals surface area (Å²) in [5.74, 6) is 0.393. The molecule has 34 heavy (non-hydrogen) atoms. The Morgan fingerprint density at radius 3 is 2.15 bits per heavy atom. The zero-order valence-corrected chi connectivity index (χ0v) is 19.1. The van der Waals surface area contributed by atoms with E-state index < -0.39 is 0 Å². The van der Waals surface area contributed by atoms with Crippen molar-refractivity contribution in [3.63, 3.8) is 0 Å². The fraction of sp³-hybridized carbons (Fsp3) is 0.103. The molecule has 3 aromatic carbocycles. The Labute approximate surface area is 198 Å². The quantitative estimate of drug-likeness (QED) is 0.334. The molecule has 0 atom stereocenters. The van der Waals surface area contributed by atoms with E-state index in [2.05, 4.69) is 11.4 Å². The molecule has 0 aliphatic carbocycles. The minimum atomic E-state index is -0.302. The fourth-order valence-electron chi connectivity index (χ4n) is 4.07. The lowest BCUT2D eigenvalue weighted by Gasteiger charge is -2.20. The van der Waals surface area contributed by atoms with Gasteiger partial charge in [0.1, 0.15) is 11.4 Å². The minimum Gasteiger partial charge on any atom is -0.463 e. The molecule has 0 spiro atoms. The van der Waals surface area contributed by atoms with Crippen molar-refractivity contribution in [2.45, 2.75) is 19.9 Å². The van der Waals surface area contributed by atoms with Crippen LogP contribution < -0.4 is 5.32 Å². The highest BCUT2D eigenvalue weighted by molar-refractivity contribution is 5.94. The molecule has 0 fully saturated rings. The average Bonchev–Trinajstić information content (AvgIpc) is 3.55. The van der Waals surface area contributed by atoms with Crippen LogP contribution in [0, 0.1) is 13.8 Å². The van der Waals surface area contributed by atoms with Crippen LogP contribution in [0.3, 0.4) is 0 Å². The van der Waals surface area contributed by atoms with Crippen LogP contribution in [0.25, 0.3) is 17.1 Å². The van der Waals surface area contributed by atoms with E-state index in [1.54, 1.807) is 17.0 Å². The first kappa shape index (κ1) is 21.5. The van der Waals surface area contributed by atoms with Gasteiger partial charge >= 0.3 is 0 Å². The van der Waals surface area contributed by atoms with E-state index >= 15 is 0 Å². The van der Waals surface area contributed by atoms with Gasteiger partial charge in [-0.2, -0.15) is 5.10 Å². The van der Waals surface area contributed by atoms with Crippen LogP contribution in [0.1, 0.15) is 38.8 Å². The second kappa shape index (κ2) is 9.24. The zero-order chi connectivity index (χ0) is 23.5. The fourth-order valence-corrected chi connectivity index (χ4v) is 4.07. The summed E-state index contributed by atoms with van der Waals surface area (Å²) in [6, 6.07) is 31.2. The molecule has 1 N–H and O–H groups in total. The number of aryl methyl sites for hydroxylation is 2. The first-order valence-corrected chi connectivity index (χ1v) is 11.2. The Kier molecular flexibility index (Phi) is 5.83. The minimum absolute atomic E-state index is 0.219. The van der Waals surface area contributed by atoms with Crippen molar-refractivity contribution >= 4 is 5.91 Å². The largest absolute Gasteiger partial charge is 0.463 e. The maximum atomic E-state index is 13.8. The molecule has 5 aromatic rings. The monoisotopic (exact) mass is 447 g/mol. The van der Waals surface area contributed by atoms with E-state index in [4.69, 9.17) is 9.52 Å². The van der Waals surface area contributed by atoms with Gasteiger partial charge in [0.25, 0.3) is 5.91 Å². The van der Waals surface area contributed by atoms with Crippen LogP contribution in [0.5, 0.6) is 0 Å². The number of carbonyl (C=O) groups excluding carboxylic acids is 1. The van der Waals surface area contributed by atoms with Gasteiger partial charge in [-0.15, -0.1) is 0 Å². The van der Waals surface area contributed by atoms with Gasteiger partial charge in [-0.05, 0) is 54.3 Å². The first-order valence-electron chi connectivity index (χ1n) is 11.2. The first-order chi connectivity index (χ1) is 16.6. The summed E-state index contributed by atoms with van der Waals surface area (Å²) < 4.78 is 7.28. The molecule has 168 valence electrons. The molecule has 0 saturated carbocycles. The highest BCUT2D eigenvalue weighted by Gasteiger charge is 2.23. The van der Waals surface area contributed by atoms with Crippen LogP contribution >= 0.6 is 0 Å². The number of amides is 1. The molecule has 0 unspecified atom stereocenters. The Morgan fingerprint density at radius 2 is 1.53 bits per heavy atom. The molecule has 0 saturated heterocycles. The number of rotatable bonds is 6. The number of carbonyl (C=O) groups is 1. The summed E-state index contributed by atoms with van der Waals surface area (Å²) in [5.41, 5.74) is 6.03. The van der Waals surface area contributed by atoms with Gasteiger partial charge in [-0.1, -0.05) is 72.8 Å². The molecular formula is C29H25N3O2. The van der Waals surface area contributed by atoms with E-state index in [9.17, 15) is 4.79 Å². The van der Waals surface area contributed by atoms with E-state index in [1.807, 2.05) is 98.8 Å². The highest BCUT2D eigenvalue weighted by atomic mass is 16.3.